The standard InChI is InChI=1S/C18H15Ge.2C8H11P.ClH.Pt/c1-4-10-16(11-5-1)19(17-12-6-2-7-13-17)18-14-8-3-9-15-18;2*1-9(2)8-6-4-3-5-7-8;;/h1-15H;2*3-7H,1-2H3;1H;/q;;;;-1/p+1. The van der Waals surface area contributed by atoms with E-state index >= 15 is 0 Å². The van der Waals surface area contributed by atoms with E-state index in [2.05, 4.69) is 178 Å². The molecule has 0 saturated carbocycles. The molecule has 0 saturated heterocycles. The van der Waals surface area contributed by atoms with Crippen molar-refractivity contribution in [2.75, 3.05) is 26.7 Å². The summed E-state index contributed by atoms with van der Waals surface area (Å²) in [6.07, 6.45) is 0. The zero-order valence-corrected chi connectivity index (χ0v) is 30.3. The van der Waals surface area contributed by atoms with Crippen molar-refractivity contribution in [1.82, 2.24) is 0 Å². The van der Waals surface area contributed by atoms with Gasteiger partial charge in [0.15, 0.2) is 0 Å². The molecule has 0 radical (unpaired) electrons. The van der Waals surface area contributed by atoms with Gasteiger partial charge in [-0.2, -0.15) is 0 Å². The number of hydrogen-bond acceptors (Lipinski definition) is 0. The third kappa shape index (κ3) is 4.76. The monoisotopic (exact) mass is 813 g/mol. The van der Waals surface area contributed by atoms with E-state index in [0.29, 0.717) is 0 Å². The minimum atomic E-state index is -3.56. The van der Waals surface area contributed by atoms with E-state index in [-0.39, 0.29) is 0 Å². The summed E-state index contributed by atoms with van der Waals surface area (Å²) in [6, 6.07) is 57.2. The van der Waals surface area contributed by atoms with Gasteiger partial charge in [0.05, 0.1) is 0 Å². The minimum absolute atomic E-state index is 1.51. The zero-order valence-electron chi connectivity index (χ0n) is 23.1. The number of rotatable bonds is 8. The van der Waals surface area contributed by atoms with Crippen LogP contribution in [0.4, 0.5) is 0 Å². The summed E-state index contributed by atoms with van der Waals surface area (Å²) in [5.74, 6) is 0. The van der Waals surface area contributed by atoms with Gasteiger partial charge in [0.1, 0.15) is 0 Å². The predicted octanol–water partition coefficient (Wildman–Crippen LogP) is 6.46. The van der Waals surface area contributed by atoms with Gasteiger partial charge in [-0.15, -0.1) is 0 Å². The van der Waals surface area contributed by atoms with E-state index in [1.165, 1.54) is 23.8 Å². The molecular formula is C34H39ClGeP2Pt. The molecule has 5 aromatic rings. The quantitative estimate of drug-likeness (QED) is 0.125. The van der Waals surface area contributed by atoms with Gasteiger partial charge in [0.2, 0.25) is 0 Å². The normalized spacial score (nSPS) is 15.6. The fourth-order valence-electron chi connectivity index (χ4n) is 5.84. The molecule has 0 aliphatic carbocycles. The summed E-state index contributed by atoms with van der Waals surface area (Å²) in [6.45, 7) is 10.5. The van der Waals surface area contributed by atoms with Gasteiger partial charge < -0.3 is 0 Å². The average Bonchev–Trinajstić information content (AvgIpc) is 3.00. The first-order chi connectivity index (χ1) is 18.8. The van der Waals surface area contributed by atoms with E-state index < -0.39 is 33.1 Å². The molecule has 0 amide bonds. The van der Waals surface area contributed by atoms with Crippen molar-refractivity contribution >= 4 is 54.5 Å². The SMILES string of the molecule is C[PH](C)(c1ccccc1)[Pt]([Cl])([PH](C)(C)c1ccccc1)[Ge]([c]1ccccc1)([c]1ccccc1)[c]1ccccc1. The second kappa shape index (κ2) is 11.8. The molecule has 5 heteroatoms. The van der Waals surface area contributed by atoms with Crippen LogP contribution in [0.1, 0.15) is 0 Å². The summed E-state index contributed by atoms with van der Waals surface area (Å²) in [4.78, 5) is 0. The van der Waals surface area contributed by atoms with Crippen LogP contribution < -0.4 is 23.8 Å². The Bertz CT molecular complexity index is 1350. The molecule has 206 valence electrons. The van der Waals surface area contributed by atoms with E-state index in [0.717, 1.165) is 0 Å². The van der Waals surface area contributed by atoms with Crippen LogP contribution >= 0.6 is 20.1 Å². The van der Waals surface area contributed by atoms with Crippen molar-refractivity contribution in [3.8, 4) is 0 Å². The molecule has 0 fully saturated rings. The van der Waals surface area contributed by atoms with Crippen molar-refractivity contribution in [1.29, 1.82) is 0 Å². The first-order valence-corrected chi connectivity index (χ1v) is 38.4. The topological polar surface area (TPSA) is 0 Å². The van der Waals surface area contributed by atoms with Gasteiger partial charge in [0.25, 0.3) is 0 Å². The first-order valence-electron chi connectivity index (χ1n) is 13.4. The second-order valence-electron chi connectivity index (χ2n) is 10.6. The Hall–Kier alpha value is -1.52. The molecule has 0 unspecified atom stereocenters. The molecular weight excluding hydrogens is 773 g/mol. The molecule has 0 nitrogen and oxygen atoms in total. The summed E-state index contributed by atoms with van der Waals surface area (Å²) in [5.41, 5.74) is 0. The molecule has 0 heterocycles. The van der Waals surface area contributed by atoms with Gasteiger partial charge in [-0.1, -0.05) is 0 Å². The van der Waals surface area contributed by atoms with Crippen LogP contribution in [0.25, 0.3) is 0 Å². The predicted molar refractivity (Wildman–Crippen MR) is 182 cm³/mol. The van der Waals surface area contributed by atoms with Crippen LogP contribution in [-0.2, 0) is 11.8 Å². The number of hydrogen-bond donors (Lipinski definition) is 0. The van der Waals surface area contributed by atoms with Gasteiger partial charge >= 0.3 is 245 Å². The Balaban J connectivity index is 2.03. The van der Waals surface area contributed by atoms with E-state index in [9.17, 15) is 0 Å². The summed E-state index contributed by atoms with van der Waals surface area (Å²) in [5, 5.41) is -1.48. The average molecular weight is 813 g/mol. The Morgan fingerprint density at radius 2 is 0.641 bits per heavy atom. The van der Waals surface area contributed by atoms with E-state index in [1.54, 1.807) is 0 Å². The van der Waals surface area contributed by atoms with Crippen LogP contribution in [-0.4, -0.2) is 37.2 Å². The van der Waals surface area contributed by atoms with Crippen molar-refractivity contribution in [2.45, 2.75) is 0 Å². The summed E-state index contributed by atoms with van der Waals surface area (Å²) >= 11 is -3.44. The maximum atomic E-state index is 9.11. The fourth-order valence-corrected chi connectivity index (χ4v) is 204. The molecule has 0 aliphatic rings. The number of halogens is 1. The summed E-state index contributed by atoms with van der Waals surface area (Å²) in [7, 11) is 5.55. The number of benzene rings is 5. The third-order valence-electron chi connectivity index (χ3n) is 7.76. The maximum absolute atomic E-state index is 9.11. The van der Waals surface area contributed by atoms with Crippen LogP contribution in [0.3, 0.4) is 0 Å². The molecule has 5 aromatic carbocycles. The van der Waals surface area contributed by atoms with Crippen LogP contribution in [0, 0.1) is 0 Å². The molecule has 0 atom stereocenters. The van der Waals surface area contributed by atoms with Crippen LogP contribution in [0.2, 0.25) is 0 Å². The van der Waals surface area contributed by atoms with Crippen molar-refractivity contribution in [3.05, 3.63) is 152 Å². The Morgan fingerprint density at radius 1 is 0.410 bits per heavy atom. The molecule has 39 heavy (non-hydrogen) atoms. The van der Waals surface area contributed by atoms with Gasteiger partial charge in [0, 0.05) is 0 Å². The molecule has 0 aromatic heterocycles. The van der Waals surface area contributed by atoms with Crippen molar-refractivity contribution < 1.29 is 11.8 Å². The van der Waals surface area contributed by atoms with Gasteiger partial charge in [-0.3, -0.25) is 0 Å². The zero-order chi connectivity index (χ0) is 27.6. The van der Waals surface area contributed by atoms with Crippen LogP contribution in [0.15, 0.2) is 152 Å². The van der Waals surface area contributed by atoms with E-state index in [1.807, 2.05) is 0 Å². The molecule has 0 aliphatic heterocycles. The van der Waals surface area contributed by atoms with Gasteiger partial charge in [-0.05, 0) is 0 Å². The molecule has 0 N–H and O–H groups in total. The van der Waals surface area contributed by atoms with Crippen molar-refractivity contribution in [3.63, 3.8) is 0 Å². The van der Waals surface area contributed by atoms with Gasteiger partial charge in [-0.25, -0.2) is 0 Å². The Morgan fingerprint density at radius 3 is 0.897 bits per heavy atom. The fraction of sp³-hybridized carbons (Fsp3) is 0.118. The Kier molecular flexibility index (Phi) is 8.74. The molecule has 5 rings (SSSR count). The molecule has 0 spiro atoms. The first kappa shape index (κ1) is 29.0. The second-order valence-corrected chi connectivity index (χ2v) is 91.5. The third-order valence-corrected chi connectivity index (χ3v) is 174. The Labute approximate surface area is 242 Å². The van der Waals surface area contributed by atoms with Crippen molar-refractivity contribution in [2.24, 2.45) is 0 Å². The molecule has 0 bridgehead atoms. The summed E-state index contributed by atoms with van der Waals surface area (Å²) < 4.78 is 4.53. The van der Waals surface area contributed by atoms with Crippen LogP contribution in [0.5, 0.6) is 0 Å². The van der Waals surface area contributed by atoms with E-state index in [4.69, 9.17) is 9.42 Å².